The third kappa shape index (κ3) is 2.92. The van der Waals surface area contributed by atoms with Gasteiger partial charge in [-0.1, -0.05) is 6.07 Å². The van der Waals surface area contributed by atoms with Gasteiger partial charge in [0.15, 0.2) is 23.0 Å². The summed E-state index contributed by atoms with van der Waals surface area (Å²) in [6.07, 6.45) is 0. The van der Waals surface area contributed by atoms with E-state index in [2.05, 4.69) is 5.32 Å². The van der Waals surface area contributed by atoms with Crippen LogP contribution in [0.5, 0.6) is 23.0 Å². The van der Waals surface area contributed by atoms with Crippen molar-refractivity contribution in [3.63, 3.8) is 0 Å². The van der Waals surface area contributed by atoms with Crippen molar-refractivity contribution in [1.82, 2.24) is 5.32 Å². The third-order valence-electron chi connectivity index (χ3n) is 2.73. The molecule has 2 rings (SSSR count). The number of hydrogen-bond donors (Lipinski definition) is 5. The van der Waals surface area contributed by atoms with Gasteiger partial charge in [0.2, 0.25) is 0 Å². The van der Waals surface area contributed by atoms with E-state index in [1.165, 1.54) is 24.3 Å². The lowest BCUT2D eigenvalue weighted by Gasteiger charge is -2.07. The SMILES string of the molecule is O=C(NCc1ccc(O)c(O)c1)c1ccc(O)c(O)c1. The molecule has 104 valence electrons. The number of nitrogens with one attached hydrogen (secondary N) is 1. The van der Waals surface area contributed by atoms with Gasteiger partial charge in [0.05, 0.1) is 0 Å². The second kappa shape index (κ2) is 5.40. The topological polar surface area (TPSA) is 110 Å². The lowest BCUT2D eigenvalue weighted by Crippen LogP contribution is -2.22. The molecule has 0 fully saturated rings. The van der Waals surface area contributed by atoms with Gasteiger partial charge in [-0.05, 0) is 35.9 Å². The van der Waals surface area contributed by atoms with E-state index >= 15 is 0 Å². The molecule has 0 aliphatic heterocycles. The highest BCUT2D eigenvalue weighted by atomic mass is 16.3. The summed E-state index contributed by atoms with van der Waals surface area (Å²) in [6.45, 7) is 0.147. The summed E-state index contributed by atoms with van der Waals surface area (Å²) < 4.78 is 0. The van der Waals surface area contributed by atoms with E-state index in [1.54, 1.807) is 6.07 Å². The molecule has 0 unspecified atom stereocenters. The van der Waals surface area contributed by atoms with Gasteiger partial charge in [0, 0.05) is 12.1 Å². The minimum Gasteiger partial charge on any atom is -0.504 e. The van der Waals surface area contributed by atoms with Crippen LogP contribution in [0.1, 0.15) is 15.9 Å². The summed E-state index contributed by atoms with van der Waals surface area (Å²) >= 11 is 0. The number of benzene rings is 2. The van der Waals surface area contributed by atoms with Gasteiger partial charge in [-0.2, -0.15) is 0 Å². The van der Waals surface area contributed by atoms with Crippen LogP contribution in [-0.2, 0) is 6.54 Å². The van der Waals surface area contributed by atoms with Crippen LogP contribution < -0.4 is 5.32 Å². The monoisotopic (exact) mass is 275 g/mol. The molecule has 2 aromatic rings. The smallest absolute Gasteiger partial charge is 0.251 e. The molecule has 0 spiro atoms. The average Bonchev–Trinajstić information content (AvgIpc) is 2.43. The molecule has 6 nitrogen and oxygen atoms in total. The molecule has 0 aliphatic carbocycles. The number of phenols is 4. The quantitative estimate of drug-likeness (QED) is 0.544. The van der Waals surface area contributed by atoms with Crippen molar-refractivity contribution in [3.05, 3.63) is 47.5 Å². The van der Waals surface area contributed by atoms with Gasteiger partial charge in [-0.25, -0.2) is 0 Å². The maximum atomic E-state index is 11.8. The van der Waals surface area contributed by atoms with Crippen LogP contribution in [-0.4, -0.2) is 26.3 Å². The molecule has 2 aromatic carbocycles. The summed E-state index contributed by atoms with van der Waals surface area (Å²) in [5, 5.41) is 39.5. The normalized spacial score (nSPS) is 10.2. The van der Waals surface area contributed by atoms with Crippen molar-refractivity contribution in [2.24, 2.45) is 0 Å². The molecule has 0 saturated heterocycles. The van der Waals surface area contributed by atoms with Crippen molar-refractivity contribution in [2.45, 2.75) is 6.54 Å². The molecule has 0 saturated carbocycles. The molecule has 0 bridgehead atoms. The van der Waals surface area contributed by atoms with Crippen LogP contribution in [0, 0.1) is 0 Å². The first-order chi connectivity index (χ1) is 9.47. The fourth-order valence-electron chi connectivity index (χ4n) is 1.63. The van der Waals surface area contributed by atoms with Crippen molar-refractivity contribution >= 4 is 5.91 Å². The molecule has 0 atom stereocenters. The Balaban J connectivity index is 2.04. The molecule has 1 amide bonds. The fraction of sp³-hybridized carbons (Fsp3) is 0.0714. The molecule has 0 aromatic heterocycles. The zero-order valence-corrected chi connectivity index (χ0v) is 10.4. The molecule has 0 aliphatic rings. The predicted octanol–water partition coefficient (Wildman–Crippen LogP) is 1.44. The van der Waals surface area contributed by atoms with Crippen molar-refractivity contribution in [1.29, 1.82) is 0 Å². The second-order valence-corrected chi connectivity index (χ2v) is 4.21. The Hall–Kier alpha value is -2.89. The minimum absolute atomic E-state index is 0.147. The Morgan fingerprint density at radius 2 is 1.45 bits per heavy atom. The molecule has 0 heterocycles. The maximum Gasteiger partial charge on any atom is 0.251 e. The Bertz CT molecular complexity index is 654. The van der Waals surface area contributed by atoms with Gasteiger partial charge in [-0.15, -0.1) is 0 Å². The van der Waals surface area contributed by atoms with Crippen molar-refractivity contribution in [2.75, 3.05) is 0 Å². The van der Waals surface area contributed by atoms with Crippen LogP contribution >= 0.6 is 0 Å². The number of carbonyl (C=O) groups excluding carboxylic acids is 1. The van der Waals surface area contributed by atoms with E-state index in [4.69, 9.17) is 10.2 Å². The number of aromatic hydroxyl groups is 4. The average molecular weight is 275 g/mol. The standard InChI is InChI=1S/C14H13NO5/c16-10-3-1-8(5-12(10)18)7-15-14(20)9-2-4-11(17)13(19)6-9/h1-6,16-19H,7H2,(H,15,20). The zero-order valence-electron chi connectivity index (χ0n) is 10.4. The number of rotatable bonds is 3. The van der Waals surface area contributed by atoms with E-state index in [9.17, 15) is 15.0 Å². The van der Waals surface area contributed by atoms with Gasteiger partial charge in [0.25, 0.3) is 5.91 Å². The Morgan fingerprint density at radius 3 is 2.05 bits per heavy atom. The van der Waals surface area contributed by atoms with Gasteiger partial charge >= 0.3 is 0 Å². The molecular weight excluding hydrogens is 262 g/mol. The third-order valence-corrected chi connectivity index (χ3v) is 2.73. The summed E-state index contributed by atoms with van der Waals surface area (Å²) in [7, 11) is 0. The van der Waals surface area contributed by atoms with Gasteiger partial charge < -0.3 is 25.7 Å². The molecule has 5 N–H and O–H groups in total. The lowest BCUT2D eigenvalue weighted by molar-refractivity contribution is 0.0950. The predicted molar refractivity (Wildman–Crippen MR) is 70.7 cm³/mol. The number of phenolic OH excluding ortho intramolecular Hbond substituents is 4. The molecule has 6 heteroatoms. The van der Waals surface area contributed by atoms with Crippen LogP contribution in [0.15, 0.2) is 36.4 Å². The van der Waals surface area contributed by atoms with Crippen LogP contribution in [0.3, 0.4) is 0 Å². The Kier molecular flexibility index (Phi) is 3.65. The first kappa shape index (κ1) is 13.5. The zero-order chi connectivity index (χ0) is 14.7. The summed E-state index contributed by atoms with van der Waals surface area (Å²) in [6, 6.07) is 7.96. The second-order valence-electron chi connectivity index (χ2n) is 4.21. The van der Waals surface area contributed by atoms with Gasteiger partial charge in [-0.3, -0.25) is 4.79 Å². The minimum atomic E-state index is -0.437. The summed E-state index contributed by atoms with van der Waals surface area (Å²) in [5.41, 5.74) is 0.806. The highest BCUT2D eigenvalue weighted by Gasteiger charge is 2.09. The highest BCUT2D eigenvalue weighted by molar-refractivity contribution is 5.94. The maximum absolute atomic E-state index is 11.8. The Morgan fingerprint density at radius 1 is 0.850 bits per heavy atom. The van der Waals surface area contributed by atoms with Crippen molar-refractivity contribution < 1.29 is 25.2 Å². The number of hydrogen-bond acceptors (Lipinski definition) is 5. The summed E-state index contributed by atoms with van der Waals surface area (Å²) in [5.74, 6) is -1.61. The highest BCUT2D eigenvalue weighted by Crippen LogP contribution is 2.26. The van der Waals surface area contributed by atoms with E-state index in [0.717, 1.165) is 6.07 Å². The van der Waals surface area contributed by atoms with E-state index in [1.807, 2.05) is 0 Å². The molecular formula is C14H13NO5. The van der Waals surface area contributed by atoms with Gasteiger partial charge in [0.1, 0.15) is 0 Å². The van der Waals surface area contributed by atoms with Crippen LogP contribution in [0.25, 0.3) is 0 Å². The van der Waals surface area contributed by atoms with E-state index in [-0.39, 0.29) is 35.1 Å². The Labute approximate surface area is 114 Å². The number of carbonyl (C=O) groups is 1. The largest absolute Gasteiger partial charge is 0.504 e. The lowest BCUT2D eigenvalue weighted by atomic mass is 10.1. The molecule has 0 radical (unpaired) electrons. The summed E-state index contributed by atoms with van der Waals surface area (Å²) in [4.78, 5) is 11.8. The fourth-order valence-corrected chi connectivity index (χ4v) is 1.63. The van der Waals surface area contributed by atoms with Crippen LogP contribution in [0.2, 0.25) is 0 Å². The first-order valence-electron chi connectivity index (χ1n) is 5.78. The first-order valence-corrected chi connectivity index (χ1v) is 5.78. The molecule has 20 heavy (non-hydrogen) atoms. The van der Waals surface area contributed by atoms with Crippen LogP contribution in [0.4, 0.5) is 0 Å². The van der Waals surface area contributed by atoms with Crippen molar-refractivity contribution in [3.8, 4) is 23.0 Å². The van der Waals surface area contributed by atoms with E-state index < -0.39 is 5.91 Å². The number of amides is 1. The van der Waals surface area contributed by atoms with E-state index in [0.29, 0.717) is 5.56 Å².